The van der Waals surface area contributed by atoms with Gasteiger partial charge in [-0.1, -0.05) is 259 Å². The average molecular weight is 1710 g/mol. The fourth-order valence-electron chi connectivity index (χ4n) is 21.5. The molecule has 0 aliphatic carbocycles. The molecule has 628 valence electrons. The van der Waals surface area contributed by atoms with Crippen molar-refractivity contribution in [2.75, 3.05) is 0 Å². The van der Waals surface area contributed by atoms with E-state index in [0.29, 0.717) is 0 Å². The van der Waals surface area contributed by atoms with Gasteiger partial charge in [0.25, 0.3) is 0 Å². The van der Waals surface area contributed by atoms with E-state index >= 15 is 0 Å². The number of benzene rings is 20. The van der Waals surface area contributed by atoms with Crippen LogP contribution in [0.2, 0.25) is 0 Å². The predicted octanol–water partition coefficient (Wildman–Crippen LogP) is 33.5. The lowest BCUT2D eigenvalue weighted by molar-refractivity contribution is 0.666. The van der Waals surface area contributed by atoms with E-state index in [1.807, 2.05) is 24.3 Å². The molecule has 0 saturated carbocycles. The first kappa shape index (κ1) is 76.8. The summed E-state index contributed by atoms with van der Waals surface area (Å²) in [6.07, 6.45) is 0. The van der Waals surface area contributed by atoms with Gasteiger partial charge in [0.05, 0.1) is 82.9 Å². The fraction of sp³-hybridized carbons (Fsp3) is 0.0323. The van der Waals surface area contributed by atoms with E-state index in [9.17, 15) is 0 Å². The molecule has 9 nitrogen and oxygen atoms in total. The molecule has 9 heteroatoms. The third-order valence-corrected chi connectivity index (χ3v) is 27.3. The van der Waals surface area contributed by atoms with Crippen LogP contribution in [0.15, 0.2) is 452 Å². The SMILES string of the molecule is Cc1ccc2c(c1)c1ccccc1n2-c1ccc2c(c1)c1ccccc1n2-c1ccc2oc3ccccc3c2c1.Cc1ccc2c(c1)c1ccccc1n2-c1ccc2c(c1)c1ccccc1n2-c1ccccc1.Cc1ccc2c(c1)c1ccccc1n2-c1cccc2c1oc1ccccc12.Cc1cccc(-n2c3ccccc3c3cc(-n4c5ccccc5c5ccccc54)ccc32)c1. The van der Waals surface area contributed by atoms with Gasteiger partial charge < -0.3 is 40.8 Å². The molecule has 0 N–H and O–H groups in total. The summed E-state index contributed by atoms with van der Waals surface area (Å²) in [5.41, 5.74) is 34.0. The number of hydrogen-bond acceptors (Lipinski definition) is 2. The zero-order valence-corrected chi connectivity index (χ0v) is 73.6. The molecule has 0 fully saturated rings. The molecule has 20 aromatic carbocycles. The lowest BCUT2D eigenvalue weighted by Crippen LogP contribution is -1.96. The second-order valence-corrected chi connectivity index (χ2v) is 35.4. The second kappa shape index (κ2) is 30.7. The van der Waals surface area contributed by atoms with Gasteiger partial charge in [0.1, 0.15) is 16.7 Å². The highest BCUT2D eigenvalue weighted by molar-refractivity contribution is 6.19. The van der Waals surface area contributed by atoms with Gasteiger partial charge in [-0.05, 0) is 233 Å². The third kappa shape index (κ3) is 12.3. The predicted molar refractivity (Wildman–Crippen MR) is 560 cm³/mol. The van der Waals surface area contributed by atoms with Crippen molar-refractivity contribution in [1.82, 2.24) is 32.0 Å². The molecule has 133 heavy (non-hydrogen) atoms. The van der Waals surface area contributed by atoms with Crippen molar-refractivity contribution < 1.29 is 8.83 Å². The van der Waals surface area contributed by atoms with Gasteiger partial charge in [-0.2, -0.15) is 0 Å². The van der Waals surface area contributed by atoms with Crippen LogP contribution in [0.3, 0.4) is 0 Å². The summed E-state index contributed by atoms with van der Waals surface area (Å²) < 4.78 is 29.1. The van der Waals surface area contributed by atoms with Crippen molar-refractivity contribution in [2.24, 2.45) is 0 Å². The molecule has 0 atom stereocenters. The van der Waals surface area contributed by atoms with Gasteiger partial charge in [0, 0.05) is 131 Å². The van der Waals surface area contributed by atoms with Crippen LogP contribution in [0.4, 0.5) is 0 Å². The van der Waals surface area contributed by atoms with E-state index in [-0.39, 0.29) is 0 Å². The minimum absolute atomic E-state index is 0.912. The summed E-state index contributed by atoms with van der Waals surface area (Å²) in [7, 11) is 0. The minimum Gasteiger partial charge on any atom is -0.456 e. The maximum Gasteiger partial charge on any atom is 0.159 e. The quantitative estimate of drug-likeness (QED) is 0.160. The lowest BCUT2D eigenvalue weighted by Gasteiger charge is -2.10. The summed E-state index contributed by atoms with van der Waals surface area (Å²) in [6, 6.07) is 159. The average Bonchev–Trinajstić information content (AvgIpc) is 1.57. The highest BCUT2D eigenvalue weighted by atomic mass is 16.3. The van der Waals surface area contributed by atoms with E-state index < -0.39 is 0 Å². The molecule has 0 amide bonds. The molecule has 9 aromatic heterocycles. The Labute approximate surface area is 764 Å². The maximum absolute atomic E-state index is 6.31. The summed E-state index contributed by atoms with van der Waals surface area (Å²) in [5, 5.41) is 22.4. The first-order valence-electron chi connectivity index (χ1n) is 45.7. The Morgan fingerprint density at radius 2 is 0.376 bits per heavy atom. The van der Waals surface area contributed by atoms with Crippen LogP contribution in [-0.2, 0) is 0 Å². The van der Waals surface area contributed by atoms with Gasteiger partial charge in [-0.15, -0.1) is 0 Å². The molecule has 9 heterocycles. The number of para-hydroxylation sites is 12. The van der Waals surface area contributed by atoms with Crippen molar-refractivity contribution in [2.45, 2.75) is 27.7 Å². The number of aromatic nitrogens is 7. The Kier molecular flexibility index (Phi) is 17.7. The lowest BCUT2D eigenvalue weighted by atomic mass is 10.1. The normalized spacial score (nSPS) is 11.9. The fourth-order valence-corrected chi connectivity index (χ4v) is 21.5. The standard InChI is InChI=1S/C37H24N2O.2C31H22N2.C25H17NO/c1-23-14-17-34-29(20-23)26-8-2-5-11-32(26)38(34)24-15-18-35-30(21-24)27-9-3-6-12-33(27)39(35)25-16-19-37-31(22-25)28-10-4-7-13-36(28)40-37;1-21-9-8-10-22(19-21)32-30-16-7-4-13-26(30)27-20-23(17-18-31(27)32)33-28-14-5-2-11-24(28)25-12-3-6-15-29(25)33;1-21-15-17-30-26(19-21)24-11-5-8-14-29(24)33(30)23-16-18-31-27(20-23)25-12-6-7-13-28(25)32(31)22-9-3-2-4-10-22;1-16-13-14-22-20(15-16)17-7-2-4-10-21(17)26(22)23-11-6-9-19-18-8-3-5-12-24(18)27-25(19)23/h2-22H,1H3;2*2-20H,1H3;2-15H,1H3. The highest BCUT2D eigenvalue weighted by Gasteiger charge is 2.24. The molecule has 0 unspecified atom stereocenters. The van der Waals surface area contributed by atoms with E-state index in [4.69, 9.17) is 8.83 Å². The number of fused-ring (bicyclic) bond motifs is 27. The van der Waals surface area contributed by atoms with Crippen LogP contribution in [0.5, 0.6) is 0 Å². The van der Waals surface area contributed by atoms with Gasteiger partial charge >= 0.3 is 0 Å². The number of aryl methyl sites for hydroxylation is 4. The summed E-state index contributed by atoms with van der Waals surface area (Å²) in [5.74, 6) is 0. The van der Waals surface area contributed by atoms with Gasteiger partial charge in [0.2, 0.25) is 0 Å². The van der Waals surface area contributed by atoms with E-state index in [2.05, 4.69) is 478 Å². The molecule has 0 aliphatic rings. The summed E-state index contributed by atoms with van der Waals surface area (Å²) >= 11 is 0. The first-order chi connectivity index (χ1) is 65.6. The number of hydrogen-bond donors (Lipinski definition) is 0. The zero-order chi connectivity index (χ0) is 88.2. The van der Waals surface area contributed by atoms with Gasteiger partial charge in [-0.3, -0.25) is 0 Å². The molecule has 0 saturated heterocycles. The van der Waals surface area contributed by atoms with Gasteiger partial charge in [-0.25, -0.2) is 0 Å². The molecular formula is C124H85N7O2. The largest absolute Gasteiger partial charge is 0.456 e. The van der Waals surface area contributed by atoms with Crippen molar-refractivity contribution in [3.8, 4) is 39.8 Å². The number of furan rings is 2. The molecule has 0 spiro atoms. The highest BCUT2D eigenvalue weighted by Crippen LogP contribution is 2.45. The molecule has 29 rings (SSSR count). The van der Waals surface area contributed by atoms with Gasteiger partial charge in [0.15, 0.2) is 5.58 Å². The Morgan fingerprint density at radius 3 is 0.767 bits per heavy atom. The second-order valence-electron chi connectivity index (χ2n) is 35.4. The molecule has 0 aliphatic heterocycles. The van der Waals surface area contributed by atoms with E-state index in [1.54, 1.807) is 0 Å². The zero-order valence-electron chi connectivity index (χ0n) is 73.6. The Morgan fingerprint density at radius 1 is 0.135 bits per heavy atom. The van der Waals surface area contributed by atoms with Crippen LogP contribution >= 0.6 is 0 Å². The molecule has 0 radical (unpaired) electrons. The Balaban J connectivity index is 0.0000000935. The molecular weight excluding hydrogens is 1620 g/mol. The van der Waals surface area contributed by atoms with Crippen molar-refractivity contribution in [3.63, 3.8) is 0 Å². The molecule has 29 aromatic rings. The van der Waals surface area contributed by atoms with Crippen molar-refractivity contribution >= 4 is 197 Å². The van der Waals surface area contributed by atoms with E-state index in [1.165, 1.54) is 203 Å². The summed E-state index contributed by atoms with van der Waals surface area (Å²) in [6.45, 7) is 8.62. The van der Waals surface area contributed by atoms with Crippen LogP contribution in [-0.4, -0.2) is 32.0 Å². The first-order valence-corrected chi connectivity index (χ1v) is 45.7. The minimum atomic E-state index is 0.912. The monoisotopic (exact) mass is 1700 g/mol. The smallest absolute Gasteiger partial charge is 0.159 e. The van der Waals surface area contributed by atoms with Crippen LogP contribution in [0.1, 0.15) is 22.3 Å². The van der Waals surface area contributed by atoms with Crippen molar-refractivity contribution in [1.29, 1.82) is 0 Å². The topological polar surface area (TPSA) is 60.8 Å². The van der Waals surface area contributed by atoms with Crippen LogP contribution < -0.4 is 0 Å². The number of rotatable bonds is 7. The third-order valence-electron chi connectivity index (χ3n) is 27.3. The summed E-state index contributed by atoms with van der Waals surface area (Å²) in [4.78, 5) is 0. The van der Waals surface area contributed by atoms with Crippen LogP contribution in [0.25, 0.3) is 236 Å². The van der Waals surface area contributed by atoms with E-state index in [0.717, 1.165) is 55.3 Å². The molecule has 0 bridgehead atoms. The Bertz CT molecular complexity index is 9760. The number of nitrogens with zero attached hydrogens (tertiary/aromatic N) is 7. The van der Waals surface area contributed by atoms with Crippen LogP contribution in [0, 0.1) is 27.7 Å². The Hall–Kier alpha value is -17.4. The van der Waals surface area contributed by atoms with Crippen molar-refractivity contribution in [3.05, 3.63) is 465 Å². The maximum atomic E-state index is 6.31.